The molecular formula is C20H26F3N3. The molecule has 1 N–H and O–H groups in total. The van der Waals surface area contributed by atoms with Gasteiger partial charge in [-0.2, -0.15) is 18.3 Å². The van der Waals surface area contributed by atoms with E-state index in [0.717, 1.165) is 34.9 Å². The molecule has 2 heterocycles. The number of hydrogen-bond donors (Lipinski definition) is 1. The lowest BCUT2D eigenvalue weighted by Crippen LogP contribution is -2.28. The molecule has 3 nitrogen and oxygen atoms in total. The number of piperidine rings is 1. The first-order chi connectivity index (χ1) is 12.2. The largest absolute Gasteiger partial charge is 0.416 e. The molecule has 0 spiro atoms. The van der Waals surface area contributed by atoms with Crippen molar-refractivity contribution in [2.45, 2.75) is 32.9 Å². The standard InChI is InChI=1S/C13H11F3N2.C7H15N/c1-8(2)12-11(7-17-18-12)9-3-5-10(6-4-9)13(14,15)16;1-7-3-5-8(2)6-4-7/h3-7H,1H2,2H3,(H,17,18);7H,3-6H2,1-2H3. The molecule has 0 amide bonds. The number of H-pyrrole nitrogens is 1. The van der Waals surface area contributed by atoms with Crippen LogP contribution >= 0.6 is 0 Å². The maximum absolute atomic E-state index is 12.4. The predicted octanol–water partition coefficient (Wildman–Crippen LogP) is 5.48. The number of benzene rings is 1. The van der Waals surface area contributed by atoms with Crippen molar-refractivity contribution in [1.82, 2.24) is 15.1 Å². The topological polar surface area (TPSA) is 31.9 Å². The third kappa shape index (κ3) is 5.46. The quantitative estimate of drug-likeness (QED) is 0.764. The highest BCUT2D eigenvalue weighted by molar-refractivity contribution is 5.77. The van der Waals surface area contributed by atoms with E-state index in [9.17, 15) is 13.2 Å². The second kappa shape index (κ2) is 8.54. The summed E-state index contributed by atoms with van der Waals surface area (Å²) in [5.41, 5.74) is 2.27. The van der Waals surface area contributed by atoms with Gasteiger partial charge in [0.15, 0.2) is 0 Å². The Bertz CT molecular complexity index is 699. The molecule has 0 unspecified atom stereocenters. The van der Waals surface area contributed by atoms with Gasteiger partial charge in [-0.1, -0.05) is 25.6 Å². The number of aromatic amines is 1. The number of nitrogens with one attached hydrogen (secondary N) is 1. The fourth-order valence-electron chi connectivity index (χ4n) is 2.81. The molecule has 0 aliphatic carbocycles. The highest BCUT2D eigenvalue weighted by Gasteiger charge is 2.30. The highest BCUT2D eigenvalue weighted by atomic mass is 19.4. The van der Waals surface area contributed by atoms with Crippen molar-refractivity contribution in [3.63, 3.8) is 0 Å². The van der Waals surface area contributed by atoms with Crippen molar-refractivity contribution >= 4 is 5.57 Å². The van der Waals surface area contributed by atoms with E-state index in [2.05, 4.69) is 35.6 Å². The van der Waals surface area contributed by atoms with E-state index in [1.807, 2.05) is 0 Å². The van der Waals surface area contributed by atoms with Gasteiger partial charge < -0.3 is 4.90 Å². The van der Waals surface area contributed by atoms with Crippen molar-refractivity contribution < 1.29 is 13.2 Å². The molecule has 0 bridgehead atoms. The molecule has 26 heavy (non-hydrogen) atoms. The highest BCUT2D eigenvalue weighted by Crippen LogP contribution is 2.32. The molecule has 3 rings (SSSR count). The molecule has 1 aliphatic heterocycles. The lowest BCUT2D eigenvalue weighted by molar-refractivity contribution is -0.137. The molecule has 1 aromatic heterocycles. The van der Waals surface area contributed by atoms with Crippen LogP contribution in [0.4, 0.5) is 13.2 Å². The van der Waals surface area contributed by atoms with E-state index in [4.69, 9.17) is 0 Å². The third-order valence-electron chi connectivity index (χ3n) is 4.60. The number of halogens is 3. The summed E-state index contributed by atoms with van der Waals surface area (Å²) in [7, 11) is 2.20. The molecule has 0 atom stereocenters. The Morgan fingerprint density at radius 3 is 2.23 bits per heavy atom. The van der Waals surface area contributed by atoms with Crippen LogP contribution < -0.4 is 0 Å². The van der Waals surface area contributed by atoms with E-state index in [1.54, 1.807) is 13.1 Å². The van der Waals surface area contributed by atoms with Crippen LogP contribution in [-0.4, -0.2) is 35.2 Å². The fraction of sp³-hybridized carbons (Fsp3) is 0.450. The van der Waals surface area contributed by atoms with E-state index in [1.165, 1.54) is 38.1 Å². The molecule has 1 fully saturated rings. The third-order valence-corrected chi connectivity index (χ3v) is 4.60. The van der Waals surface area contributed by atoms with Gasteiger partial charge in [-0.25, -0.2) is 0 Å². The van der Waals surface area contributed by atoms with Crippen LogP contribution in [0.25, 0.3) is 16.7 Å². The Balaban J connectivity index is 0.000000254. The van der Waals surface area contributed by atoms with E-state index >= 15 is 0 Å². The minimum Gasteiger partial charge on any atom is -0.306 e. The van der Waals surface area contributed by atoms with Crippen molar-refractivity contribution in [3.8, 4) is 11.1 Å². The van der Waals surface area contributed by atoms with Crippen LogP contribution in [0.3, 0.4) is 0 Å². The average molecular weight is 365 g/mol. The first-order valence-electron chi connectivity index (χ1n) is 8.74. The van der Waals surface area contributed by atoms with Gasteiger partial charge in [0.25, 0.3) is 0 Å². The molecule has 1 aliphatic rings. The number of nitrogens with zero attached hydrogens (tertiary/aromatic N) is 2. The summed E-state index contributed by atoms with van der Waals surface area (Å²) in [6, 6.07) is 4.98. The second-order valence-electron chi connectivity index (χ2n) is 7.00. The molecule has 142 valence electrons. The number of hydrogen-bond acceptors (Lipinski definition) is 2. The van der Waals surface area contributed by atoms with E-state index in [-0.39, 0.29) is 0 Å². The Hall–Kier alpha value is -2.08. The molecule has 1 aromatic carbocycles. The zero-order valence-corrected chi connectivity index (χ0v) is 15.5. The summed E-state index contributed by atoms with van der Waals surface area (Å²) >= 11 is 0. The summed E-state index contributed by atoms with van der Waals surface area (Å²) in [5.74, 6) is 0.978. The number of rotatable bonds is 2. The molecule has 2 aromatic rings. The van der Waals surface area contributed by atoms with Crippen molar-refractivity contribution in [2.24, 2.45) is 5.92 Å². The average Bonchev–Trinajstić information content (AvgIpc) is 3.07. The Labute approximate surface area is 152 Å². The van der Waals surface area contributed by atoms with Crippen molar-refractivity contribution in [2.75, 3.05) is 20.1 Å². The lowest BCUT2D eigenvalue weighted by Gasteiger charge is -2.26. The van der Waals surface area contributed by atoms with Gasteiger partial charge in [-0.05, 0) is 69.1 Å². The van der Waals surface area contributed by atoms with Crippen molar-refractivity contribution in [1.29, 1.82) is 0 Å². The van der Waals surface area contributed by atoms with Crippen molar-refractivity contribution in [3.05, 3.63) is 48.3 Å². The zero-order chi connectivity index (χ0) is 19.3. The SMILES string of the molecule is C=C(C)c1[nH]ncc1-c1ccc(C(F)(F)F)cc1.CC1CCN(C)CC1. The van der Waals surface area contributed by atoms with Crippen LogP contribution in [0.2, 0.25) is 0 Å². The van der Waals surface area contributed by atoms with Crippen LogP contribution in [0, 0.1) is 5.92 Å². The zero-order valence-electron chi connectivity index (χ0n) is 15.5. The van der Waals surface area contributed by atoms with Gasteiger partial charge in [-0.15, -0.1) is 0 Å². The summed E-state index contributed by atoms with van der Waals surface area (Å²) in [4.78, 5) is 2.40. The van der Waals surface area contributed by atoms with Crippen LogP contribution in [-0.2, 0) is 6.18 Å². The number of alkyl halides is 3. The molecule has 6 heteroatoms. The Morgan fingerprint density at radius 2 is 1.77 bits per heavy atom. The first kappa shape index (κ1) is 20.2. The molecule has 0 radical (unpaired) electrons. The van der Waals surface area contributed by atoms with Gasteiger partial charge in [0.1, 0.15) is 0 Å². The number of likely N-dealkylation sites (tertiary alicyclic amines) is 1. The number of allylic oxidation sites excluding steroid dienone is 1. The van der Waals surface area contributed by atoms with E-state index < -0.39 is 11.7 Å². The molecular weight excluding hydrogens is 339 g/mol. The van der Waals surface area contributed by atoms with Crippen LogP contribution in [0.1, 0.15) is 37.9 Å². The maximum Gasteiger partial charge on any atom is 0.416 e. The summed E-state index contributed by atoms with van der Waals surface area (Å²) < 4.78 is 37.3. The predicted molar refractivity (Wildman–Crippen MR) is 99.6 cm³/mol. The van der Waals surface area contributed by atoms with Gasteiger partial charge in [0, 0.05) is 5.56 Å². The Morgan fingerprint density at radius 1 is 1.19 bits per heavy atom. The molecule has 1 saturated heterocycles. The smallest absolute Gasteiger partial charge is 0.306 e. The summed E-state index contributed by atoms with van der Waals surface area (Å²) in [5, 5.41) is 6.66. The van der Waals surface area contributed by atoms with Gasteiger partial charge in [0.05, 0.1) is 17.5 Å². The fourth-order valence-corrected chi connectivity index (χ4v) is 2.81. The number of aromatic nitrogens is 2. The summed E-state index contributed by atoms with van der Waals surface area (Å²) in [6.45, 7) is 10.5. The lowest BCUT2D eigenvalue weighted by atomic mass is 10.00. The first-order valence-corrected chi connectivity index (χ1v) is 8.74. The van der Waals surface area contributed by atoms with Gasteiger partial charge >= 0.3 is 6.18 Å². The van der Waals surface area contributed by atoms with Crippen LogP contribution in [0.5, 0.6) is 0 Å². The minimum atomic E-state index is -4.31. The Kier molecular flexibility index (Phi) is 6.64. The monoisotopic (exact) mass is 365 g/mol. The maximum atomic E-state index is 12.4. The minimum absolute atomic E-state index is 0.661. The second-order valence-corrected chi connectivity index (χ2v) is 7.00. The summed E-state index contributed by atoms with van der Waals surface area (Å²) in [6.07, 6.45) is 0.0612. The van der Waals surface area contributed by atoms with E-state index in [0.29, 0.717) is 5.56 Å². The van der Waals surface area contributed by atoms with Gasteiger partial charge in [-0.3, -0.25) is 5.10 Å². The van der Waals surface area contributed by atoms with Gasteiger partial charge in [0.2, 0.25) is 0 Å². The van der Waals surface area contributed by atoms with Crippen LogP contribution in [0.15, 0.2) is 37.0 Å². The molecule has 0 saturated carbocycles. The normalized spacial score (nSPS) is 16.1.